The Morgan fingerprint density at radius 1 is 1.00 bits per heavy atom. The molecule has 27 heavy (non-hydrogen) atoms. The Hall–Kier alpha value is -2.39. The first kappa shape index (κ1) is 19.4. The molecule has 1 fully saturated rings. The maximum Gasteiger partial charge on any atom is 0.269 e. The molecule has 1 saturated carbocycles. The van der Waals surface area contributed by atoms with Crippen LogP contribution in [0.1, 0.15) is 23.7 Å². The van der Waals surface area contributed by atoms with E-state index in [1.807, 2.05) is 6.92 Å². The number of halogens is 1. The fourth-order valence-electron chi connectivity index (χ4n) is 2.49. The summed E-state index contributed by atoms with van der Waals surface area (Å²) in [6.07, 6.45) is 0.828. The molecule has 0 saturated heterocycles. The lowest BCUT2D eigenvalue weighted by Crippen LogP contribution is -2.42. The van der Waals surface area contributed by atoms with Crippen molar-refractivity contribution in [2.75, 3.05) is 4.72 Å². The summed E-state index contributed by atoms with van der Waals surface area (Å²) in [6, 6.07) is 12.2. The molecule has 1 aliphatic carbocycles. The molecule has 0 bridgehead atoms. The van der Waals surface area contributed by atoms with Crippen molar-refractivity contribution in [3.63, 3.8) is 0 Å². The lowest BCUT2D eigenvalue weighted by Gasteiger charge is -2.10. The Morgan fingerprint density at radius 2 is 1.59 bits per heavy atom. The summed E-state index contributed by atoms with van der Waals surface area (Å²) in [5.74, 6) is -0.366. The molecule has 3 N–H and O–H groups in total. The smallest absolute Gasteiger partial charge is 0.269 e. The van der Waals surface area contributed by atoms with Gasteiger partial charge < -0.3 is 0 Å². The van der Waals surface area contributed by atoms with Gasteiger partial charge >= 0.3 is 0 Å². The molecule has 2 aromatic rings. The van der Waals surface area contributed by atoms with E-state index in [2.05, 4.69) is 31.5 Å². The molecule has 0 radical (unpaired) electrons. The van der Waals surface area contributed by atoms with Gasteiger partial charge in [0.25, 0.3) is 15.9 Å². The Kier molecular flexibility index (Phi) is 5.52. The first-order valence-corrected chi connectivity index (χ1v) is 10.5. The summed E-state index contributed by atoms with van der Waals surface area (Å²) in [5.41, 5.74) is 5.38. The third kappa shape index (κ3) is 4.86. The quantitative estimate of drug-likeness (QED) is 0.607. The molecule has 1 aliphatic rings. The average Bonchev–Trinajstić information content (AvgIpc) is 3.37. The van der Waals surface area contributed by atoms with E-state index in [9.17, 15) is 18.0 Å². The van der Waals surface area contributed by atoms with Gasteiger partial charge in [-0.3, -0.25) is 25.2 Å². The van der Waals surface area contributed by atoms with E-state index in [1.165, 1.54) is 36.4 Å². The average molecular weight is 452 g/mol. The zero-order chi connectivity index (χ0) is 19.6. The molecule has 0 aromatic heterocycles. The lowest BCUT2D eigenvalue weighted by molar-refractivity contribution is -0.123. The number of carbonyl (C=O) groups excluding carboxylic acids is 2. The summed E-state index contributed by atoms with van der Waals surface area (Å²) < 4.78 is 27.9. The van der Waals surface area contributed by atoms with Crippen molar-refractivity contribution in [2.24, 2.45) is 11.8 Å². The molecule has 2 aromatic carbocycles. The van der Waals surface area contributed by atoms with Crippen molar-refractivity contribution < 1.29 is 18.0 Å². The van der Waals surface area contributed by atoms with Crippen LogP contribution in [0.15, 0.2) is 57.9 Å². The molecular formula is C18H18BrN3O4S. The second-order valence-corrected chi connectivity index (χ2v) is 9.00. The van der Waals surface area contributed by atoms with Gasteiger partial charge in [-0.05, 0) is 60.9 Å². The van der Waals surface area contributed by atoms with Crippen LogP contribution < -0.4 is 15.6 Å². The molecule has 0 unspecified atom stereocenters. The number of anilines is 1. The standard InChI is InChI=1S/C18H18BrN3O4S/c1-11-10-16(11)18(24)21-20-17(23)12-2-6-14(7-3-12)22-27(25,26)15-8-4-13(19)5-9-15/h2-9,11,16,22H,10H2,1H3,(H,20,23)(H,21,24)/t11-,16-/m1/s1. The fraction of sp³-hybridized carbons (Fsp3) is 0.222. The highest BCUT2D eigenvalue weighted by molar-refractivity contribution is 9.10. The van der Waals surface area contributed by atoms with Crippen LogP contribution in [0.2, 0.25) is 0 Å². The Morgan fingerprint density at radius 3 is 2.15 bits per heavy atom. The minimum absolute atomic E-state index is 0.0410. The van der Waals surface area contributed by atoms with E-state index in [0.717, 1.165) is 10.9 Å². The number of carbonyl (C=O) groups is 2. The van der Waals surface area contributed by atoms with E-state index in [0.29, 0.717) is 17.2 Å². The summed E-state index contributed by atoms with van der Waals surface area (Å²) in [4.78, 5) is 23.9. The van der Waals surface area contributed by atoms with Crippen LogP contribution in [0.5, 0.6) is 0 Å². The van der Waals surface area contributed by atoms with Crippen LogP contribution in [0.3, 0.4) is 0 Å². The van der Waals surface area contributed by atoms with Gasteiger partial charge in [-0.15, -0.1) is 0 Å². The van der Waals surface area contributed by atoms with Gasteiger partial charge in [0.05, 0.1) is 4.90 Å². The van der Waals surface area contributed by atoms with E-state index < -0.39 is 15.9 Å². The monoisotopic (exact) mass is 451 g/mol. The zero-order valence-corrected chi connectivity index (χ0v) is 16.8. The van der Waals surface area contributed by atoms with Crippen LogP contribution in [-0.2, 0) is 14.8 Å². The molecule has 7 nitrogen and oxygen atoms in total. The highest BCUT2D eigenvalue weighted by atomic mass is 79.9. The first-order chi connectivity index (χ1) is 12.8. The van der Waals surface area contributed by atoms with Crippen LogP contribution >= 0.6 is 15.9 Å². The number of amides is 2. The predicted molar refractivity (Wildman–Crippen MR) is 104 cm³/mol. The SMILES string of the molecule is C[C@@H]1C[C@H]1C(=O)NNC(=O)c1ccc(NS(=O)(=O)c2ccc(Br)cc2)cc1. The second-order valence-electron chi connectivity index (χ2n) is 6.40. The van der Waals surface area contributed by atoms with Crippen molar-refractivity contribution in [3.8, 4) is 0 Å². The molecule has 0 aliphatic heterocycles. The normalized spacial score (nSPS) is 18.4. The third-order valence-electron chi connectivity index (χ3n) is 4.27. The van der Waals surface area contributed by atoms with Crippen LogP contribution in [0.4, 0.5) is 5.69 Å². The molecule has 2 amide bonds. The van der Waals surface area contributed by atoms with Crippen molar-refractivity contribution in [1.29, 1.82) is 0 Å². The second kappa shape index (κ2) is 7.69. The maximum atomic E-state index is 12.4. The molecule has 142 valence electrons. The van der Waals surface area contributed by atoms with E-state index in [4.69, 9.17) is 0 Å². The van der Waals surface area contributed by atoms with Crippen molar-refractivity contribution >= 4 is 43.5 Å². The van der Waals surface area contributed by atoms with E-state index >= 15 is 0 Å². The molecule has 3 rings (SSSR count). The van der Waals surface area contributed by atoms with Crippen LogP contribution in [0, 0.1) is 11.8 Å². The number of hydrogen-bond acceptors (Lipinski definition) is 4. The molecule has 0 heterocycles. The third-order valence-corrected chi connectivity index (χ3v) is 6.19. The highest BCUT2D eigenvalue weighted by Crippen LogP contribution is 2.37. The maximum absolute atomic E-state index is 12.4. The van der Waals surface area contributed by atoms with E-state index in [1.54, 1.807) is 12.1 Å². The Balaban J connectivity index is 1.60. The number of hydrogen-bond donors (Lipinski definition) is 3. The zero-order valence-electron chi connectivity index (χ0n) is 14.4. The number of nitrogens with one attached hydrogen (secondary N) is 3. The van der Waals surface area contributed by atoms with Crippen molar-refractivity contribution in [1.82, 2.24) is 10.9 Å². The highest BCUT2D eigenvalue weighted by Gasteiger charge is 2.39. The molecule has 9 heteroatoms. The van der Waals surface area contributed by atoms with Gasteiger partial charge in [-0.25, -0.2) is 8.42 Å². The lowest BCUT2D eigenvalue weighted by atomic mass is 10.2. The van der Waals surface area contributed by atoms with Gasteiger partial charge in [0.1, 0.15) is 0 Å². The van der Waals surface area contributed by atoms with Crippen LogP contribution in [-0.4, -0.2) is 20.2 Å². The minimum Gasteiger partial charge on any atom is -0.280 e. The predicted octanol–water partition coefficient (Wildman–Crippen LogP) is 2.67. The van der Waals surface area contributed by atoms with Crippen molar-refractivity contribution in [2.45, 2.75) is 18.2 Å². The largest absolute Gasteiger partial charge is 0.280 e. The minimum atomic E-state index is -3.72. The van der Waals surface area contributed by atoms with Crippen LogP contribution in [0.25, 0.3) is 0 Å². The molecule has 2 atom stereocenters. The summed E-state index contributed by atoms with van der Waals surface area (Å²) in [6.45, 7) is 1.97. The number of hydrazine groups is 1. The van der Waals surface area contributed by atoms with Gasteiger partial charge in [-0.1, -0.05) is 22.9 Å². The number of sulfonamides is 1. The summed E-state index contributed by atoms with van der Waals surface area (Å²) >= 11 is 3.26. The molecular weight excluding hydrogens is 434 g/mol. The first-order valence-electron chi connectivity index (χ1n) is 8.25. The summed E-state index contributed by atoms with van der Waals surface area (Å²) in [7, 11) is -3.72. The number of rotatable bonds is 5. The van der Waals surface area contributed by atoms with Gasteiger partial charge in [-0.2, -0.15) is 0 Å². The van der Waals surface area contributed by atoms with Gasteiger partial charge in [0, 0.05) is 21.6 Å². The van der Waals surface area contributed by atoms with Gasteiger partial charge in [0.2, 0.25) is 5.91 Å². The topological polar surface area (TPSA) is 104 Å². The van der Waals surface area contributed by atoms with Crippen molar-refractivity contribution in [3.05, 3.63) is 58.6 Å². The van der Waals surface area contributed by atoms with E-state index in [-0.39, 0.29) is 16.7 Å². The van der Waals surface area contributed by atoms with Gasteiger partial charge in [0.15, 0.2) is 0 Å². The Bertz CT molecular complexity index is 959. The number of benzene rings is 2. The molecule has 0 spiro atoms. The summed E-state index contributed by atoms with van der Waals surface area (Å²) in [5, 5.41) is 0. The Labute approximate surface area is 165 Å². The fourth-order valence-corrected chi connectivity index (χ4v) is 3.81.